The number of nitrogens with one attached hydrogen (secondary N) is 1. The first-order chi connectivity index (χ1) is 9.52. The Morgan fingerprint density at radius 3 is 2.35 bits per heavy atom. The molecule has 0 fully saturated rings. The van der Waals surface area contributed by atoms with Crippen molar-refractivity contribution in [2.24, 2.45) is 0 Å². The van der Waals surface area contributed by atoms with E-state index in [1.54, 1.807) is 19.2 Å². The predicted octanol–water partition coefficient (Wildman–Crippen LogP) is 2.26. The maximum atomic E-state index is 12.3. The van der Waals surface area contributed by atoms with Crippen molar-refractivity contribution in [2.75, 3.05) is 26.7 Å². The summed E-state index contributed by atoms with van der Waals surface area (Å²) in [5, 5.41) is 3.26. The first kappa shape index (κ1) is 17.1. The molecule has 0 unspecified atom stereocenters. The van der Waals surface area contributed by atoms with Gasteiger partial charge in [0.1, 0.15) is 0 Å². The Morgan fingerprint density at radius 2 is 1.80 bits per heavy atom. The van der Waals surface area contributed by atoms with Crippen molar-refractivity contribution in [3.63, 3.8) is 0 Å². The van der Waals surface area contributed by atoms with E-state index in [0.29, 0.717) is 11.4 Å². The zero-order chi connectivity index (χ0) is 15.0. The molecule has 1 aromatic rings. The molecule has 0 saturated carbocycles. The SMILES string of the molecule is CCCCN(C)S(=O)(=O)c1ccc(CCNCC)cc1. The summed E-state index contributed by atoms with van der Waals surface area (Å²) in [6, 6.07) is 7.22. The topological polar surface area (TPSA) is 49.4 Å². The van der Waals surface area contributed by atoms with Crippen LogP contribution in [0.1, 0.15) is 32.3 Å². The minimum atomic E-state index is -3.34. The normalized spacial score (nSPS) is 12.0. The molecule has 0 bridgehead atoms. The van der Waals surface area contributed by atoms with Crippen molar-refractivity contribution in [3.8, 4) is 0 Å². The van der Waals surface area contributed by atoms with E-state index in [1.807, 2.05) is 12.1 Å². The van der Waals surface area contributed by atoms with Crippen molar-refractivity contribution in [3.05, 3.63) is 29.8 Å². The van der Waals surface area contributed by atoms with E-state index >= 15 is 0 Å². The van der Waals surface area contributed by atoms with Crippen LogP contribution in [0.5, 0.6) is 0 Å². The molecule has 0 heterocycles. The number of sulfonamides is 1. The number of unbranched alkanes of at least 4 members (excludes halogenated alkanes) is 1. The lowest BCUT2D eigenvalue weighted by atomic mass is 10.1. The second kappa shape index (κ2) is 8.39. The fraction of sp³-hybridized carbons (Fsp3) is 0.600. The lowest BCUT2D eigenvalue weighted by Crippen LogP contribution is -2.27. The summed E-state index contributed by atoms with van der Waals surface area (Å²) < 4.78 is 26.1. The molecule has 114 valence electrons. The summed E-state index contributed by atoms with van der Waals surface area (Å²) in [5.74, 6) is 0. The quantitative estimate of drug-likeness (QED) is 0.711. The van der Waals surface area contributed by atoms with Gasteiger partial charge < -0.3 is 5.32 Å². The third-order valence-electron chi connectivity index (χ3n) is 3.30. The molecule has 0 radical (unpaired) electrons. The summed E-state index contributed by atoms with van der Waals surface area (Å²) in [6.07, 6.45) is 2.79. The highest BCUT2D eigenvalue weighted by atomic mass is 32.2. The number of benzene rings is 1. The molecule has 1 N–H and O–H groups in total. The number of nitrogens with zero attached hydrogens (tertiary/aromatic N) is 1. The van der Waals surface area contributed by atoms with Crippen LogP contribution in [-0.4, -0.2) is 39.4 Å². The molecular formula is C15H26N2O2S. The van der Waals surface area contributed by atoms with Crippen LogP contribution in [0.25, 0.3) is 0 Å². The van der Waals surface area contributed by atoms with Gasteiger partial charge in [-0.15, -0.1) is 0 Å². The summed E-state index contributed by atoms with van der Waals surface area (Å²) in [4.78, 5) is 0.378. The molecular weight excluding hydrogens is 272 g/mol. The fourth-order valence-corrected chi connectivity index (χ4v) is 3.13. The average molecular weight is 298 g/mol. The minimum Gasteiger partial charge on any atom is -0.317 e. The zero-order valence-electron chi connectivity index (χ0n) is 12.7. The summed E-state index contributed by atoms with van der Waals surface area (Å²) >= 11 is 0. The molecule has 0 spiro atoms. The van der Waals surface area contributed by atoms with Crippen LogP contribution in [0, 0.1) is 0 Å². The second-order valence-electron chi connectivity index (χ2n) is 4.93. The van der Waals surface area contributed by atoms with Crippen LogP contribution >= 0.6 is 0 Å². The van der Waals surface area contributed by atoms with Crippen LogP contribution in [0.4, 0.5) is 0 Å². The molecule has 0 aliphatic carbocycles. The average Bonchev–Trinajstić information content (AvgIpc) is 2.45. The largest absolute Gasteiger partial charge is 0.317 e. The maximum Gasteiger partial charge on any atom is 0.242 e. The van der Waals surface area contributed by atoms with Crippen LogP contribution in [0.3, 0.4) is 0 Å². The van der Waals surface area contributed by atoms with Crippen molar-refractivity contribution >= 4 is 10.0 Å². The first-order valence-corrected chi connectivity index (χ1v) is 8.72. The first-order valence-electron chi connectivity index (χ1n) is 7.28. The lowest BCUT2D eigenvalue weighted by molar-refractivity contribution is 0.459. The van der Waals surface area contributed by atoms with E-state index in [2.05, 4.69) is 19.2 Å². The number of hydrogen-bond donors (Lipinski definition) is 1. The molecule has 0 aromatic heterocycles. The van der Waals surface area contributed by atoms with Crippen molar-refractivity contribution in [1.82, 2.24) is 9.62 Å². The van der Waals surface area contributed by atoms with Gasteiger partial charge in [0.2, 0.25) is 10.0 Å². The molecule has 0 atom stereocenters. The van der Waals surface area contributed by atoms with Crippen LogP contribution < -0.4 is 5.32 Å². The number of hydrogen-bond acceptors (Lipinski definition) is 3. The number of likely N-dealkylation sites (N-methyl/N-ethyl adjacent to an activating group) is 1. The fourth-order valence-electron chi connectivity index (χ4n) is 1.92. The van der Waals surface area contributed by atoms with Gasteiger partial charge in [-0.05, 0) is 43.6 Å². The van der Waals surface area contributed by atoms with E-state index in [0.717, 1.165) is 37.9 Å². The van der Waals surface area contributed by atoms with Crippen molar-refractivity contribution in [2.45, 2.75) is 38.0 Å². The van der Waals surface area contributed by atoms with E-state index < -0.39 is 10.0 Å². The molecule has 0 aliphatic rings. The van der Waals surface area contributed by atoms with E-state index in [-0.39, 0.29) is 0 Å². The Labute approximate surface area is 123 Å². The van der Waals surface area contributed by atoms with Gasteiger partial charge in [0, 0.05) is 13.6 Å². The second-order valence-corrected chi connectivity index (χ2v) is 6.97. The third-order valence-corrected chi connectivity index (χ3v) is 5.17. The Morgan fingerprint density at radius 1 is 1.15 bits per heavy atom. The molecule has 0 aliphatic heterocycles. The zero-order valence-corrected chi connectivity index (χ0v) is 13.5. The van der Waals surface area contributed by atoms with Gasteiger partial charge in [-0.3, -0.25) is 0 Å². The minimum absolute atomic E-state index is 0.378. The highest BCUT2D eigenvalue weighted by Crippen LogP contribution is 2.16. The molecule has 0 amide bonds. The Balaban J connectivity index is 2.71. The smallest absolute Gasteiger partial charge is 0.242 e. The van der Waals surface area contributed by atoms with Gasteiger partial charge in [0.05, 0.1) is 4.90 Å². The third kappa shape index (κ3) is 4.89. The predicted molar refractivity (Wildman–Crippen MR) is 83.4 cm³/mol. The van der Waals surface area contributed by atoms with Crippen LogP contribution in [-0.2, 0) is 16.4 Å². The number of rotatable bonds is 9. The Kier molecular flexibility index (Phi) is 7.19. The summed E-state index contributed by atoms with van der Waals surface area (Å²) in [7, 11) is -1.69. The van der Waals surface area contributed by atoms with Gasteiger partial charge in [-0.25, -0.2) is 12.7 Å². The Hall–Kier alpha value is -0.910. The van der Waals surface area contributed by atoms with Gasteiger partial charge in [-0.2, -0.15) is 0 Å². The van der Waals surface area contributed by atoms with Gasteiger partial charge in [0.25, 0.3) is 0 Å². The summed E-state index contributed by atoms with van der Waals surface area (Å²) in [6.45, 7) is 6.57. The molecule has 0 saturated heterocycles. The van der Waals surface area contributed by atoms with Gasteiger partial charge >= 0.3 is 0 Å². The molecule has 5 heteroatoms. The van der Waals surface area contributed by atoms with E-state index in [4.69, 9.17) is 0 Å². The van der Waals surface area contributed by atoms with Gasteiger partial charge in [0.15, 0.2) is 0 Å². The highest BCUT2D eigenvalue weighted by molar-refractivity contribution is 7.89. The molecule has 4 nitrogen and oxygen atoms in total. The molecule has 1 rings (SSSR count). The monoisotopic (exact) mass is 298 g/mol. The van der Waals surface area contributed by atoms with Crippen molar-refractivity contribution in [1.29, 1.82) is 0 Å². The molecule has 1 aromatic carbocycles. The van der Waals surface area contributed by atoms with Crippen molar-refractivity contribution < 1.29 is 8.42 Å². The van der Waals surface area contributed by atoms with Crippen LogP contribution in [0.2, 0.25) is 0 Å². The Bertz CT molecular complexity index is 483. The van der Waals surface area contributed by atoms with E-state index in [9.17, 15) is 8.42 Å². The van der Waals surface area contributed by atoms with Crippen LogP contribution in [0.15, 0.2) is 29.2 Å². The summed E-state index contributed by atoms with van der Waals surface area (Å²) in [5.41, 5.74) is 1.15. The maximum absolute atomic E-state index is 12.3. The molecule has 20 heavy (non-hydrogen) atoms. The van der Waals surface area contributed by atoms with E-state index in [1.165, 1.54) is 4.31 Å². The van der Waals surface area contributed by atoms with Gasteiger partial charge in [-0.1, -0.05) is 32.4 Å². The standard InChI is InChI=1S/C15H26N2O2S/c1-4-6-13-17(3)20(18,19)15-9-7-14(8-10-15)11-12-16-5-2/h7-10,16H,4-6,11-13H2,1-3H3. The lowest BCUT2D eigenvalue weighted by Gasteiger charge is -2.17. The highest BCUT2D eigenvalue weighted by Gasteiger charge is 2.19.